The number of hydrogen-bond acceptors (Lipinski definition) is 7. The summed E-state index contributed by atoms with van der Waals surface area (Å²) in [6, 6.07) is 15.2. The summed E-state index contributed by atoms with van der Waals surface area (Å²) in [6.45, 7) is 6.84. The summed E-state index contributed by atoms with van der Waals surface area (Å²) in [7, 11) is 0. The number of likely N-dealkylation sites (tertiary alicyclic amines) is 1. The minimum absolute atomic E-state index is 0.104. The highest BCUT2D eigenvalue weighted by molar-refractivity contribution is 5.98. The first-order chi connectivity index (χ1) is 19.5. The third-order valence-corrected chi connectivity index (χ3v) is 8.64. The average Bonchev–Trinajstić information content (AvgIpc) is 3.36. The van der Waals surface area contributed by atoms with Crippen molar-refractivity contribution >= 4 is 28.3 Å². The molecule has 40 heavy (non-hydrogen) atoms. The molecule has 3 N–H and O–H groups in total. The number of carbonyl (C=O) groups is 1. The van der Waals surface area contributed by atoms with Crippen LogP contribution in [0.4, 0.5) is 11.5 Å². The fourth-order valence-corrected chi connectivity index (χ4v) is 6.41. The van der Waals surface area contributed by atoms with Gasteiger partial charge in [0.25, 0.3) is 0 Å². The third-order valence-electron chi connectivity index (χ3n) is 8.64. The Labute approximate surface area is 236 Å². The monoisotopic (exact) mass is 546 g/mol. The molecule has 2 atom stereocenters. The van der Waals surface area contributed by atoms with Crippen LogP contribution in [0.1, 0.15) is 56.4 Å². The number of aliphatic hydroxyl groups excluding tert-OH is 1. The molecule has 1 amide bonds. The molecule has 9 heteroatoms. The van der Waals surface area contributed by atoms with Crippen LogP contribution in [0.5, 0.6) is 0 Å². The summed E-state index contributed by atoms with van der Waals surface area (Å²) in [5, 5.41) is 24.2. The summed E-state index contributed by atoms with van der Waals surface area (Å²) in [4.78, 5) is 16.0. The number of nitrogens with one attached hydrogen (secondary N) is 2. The van der Waals surface area contributed by atoms with Crippen molar-refractivity contribution in [1.29, 1.82) is 0 Å². The van der Waals surface area contributed by atoms with E-state index in [9.17, 15) is 9.90 Å². The molecule has 0 saturated carbocycles. The smallest absolute Gasteiger partial charge is 0.219 e. The lowest BCUT2D eigenvalue weighted by Gasteiger charge is -2.32. The molecule has 0 radical (unpaired) electrons. The largest absolute Gasteiger partial charge is 0.390 e. The van der Waals surface area contributed by atoms with E-state index >= 15 is 0 Å². The normalized spacial score (nSPS) is 21.2. The number of carbonyl (C=O) groups excluding carboxylic acids is 1. The van der Waals surface area contributed by atoms with Crippen LogP contribution in [0, 0.1) is 0 Å². The van der Waals surface area contributed by atoms with Crippen LogP contribution in [0.15, 0.2) is 42.5 Å². The number of nitrogens with zero attached hydrogens (tertiary/aromatic N) is 4. The molecule has 3 aliphatic rings. The Hall–Kier alpha value is -3.14. The molecule has 214 valence electrons. The maximum absolute atomic E-state index is 11.8. The number of fused-ring (bicyclic) bond motifs is 2. The number of rotatable bonds is 8. The van der Waals surface area contributed by atoms with Gasteiger partial charge in [-0.1, -0.05) is 30.3 Å². The molecule has 1 unspecified atom stereocenters. The molecule has 0 spiro atoms. The van der Waals surface area contributed by atoms with Crippen LogP contribution in [0.2, 0.25) is 0 Å². The van der Waals surface area contributed by atoms with Gasteiger partial charge in [0.1, 0.15) is 0 Å². The van der Waals surface area contributed by atoms with Crippen molar-refractivity contribution in [3.63, 3.8) is 0 Å². The number of anilines is 2. The molecule has 9 nitrogen and oxygen atoms in total. The van der Waals surface area contributed by atoms with E-state index < -0.39 is 6.10 Å². The summed E-state index contributed by atoms with van der Waals surface area (Å²) >= 11 is 0. The molecule has 0 bridgehead atoms. The van der Waals surface area contributed by atoms with E-state index in [1.807, 2.05) is 9.58 Å². The lowest BCUT2D eigenvalue weighted by Crippen LogP contribution is -2.41. The maximum Gasteiger partial charge on any atom is 0.219 e. The van der Waals surface area contributed by atoms with Gasteiger partial charge in [0.2, 0.25) is 5.91 Å². The average molecular weight is 547 g/mol. The zero-order valence-corrected chi connectivity index (χ0v) is 23.5. The van der Waals surface area contributed by atoms with Crippen molar-refractivity contribution < 1.29 is 14.6 Å². The van der Waals surface area contributed by atoms with Crippen molar-refractivity contribution in [2.45, 2.75) is 70.4 Å². The molecular formula is C31H42N6O3. The summed E-state index contributed by atoms with van der Waals surface area (Å²) < 4.78 is 8.21. The lowest BCUT2D eigenvalue weighted by molar-refractivity contribution is -0.129. The maximum atomic E-state index is 11.8. The first kappa shape index (κ1) is 27.1. The standard InChI is InChI=1S/C31H42N6O3/c1-22(38)36-16-13-25(14-17-36)33-28-10-6-9-27-30(28)37(29-11-4-5-18-40-29)34-31(27)32-19-26(39)21-35-15-12-23-7-2-3-8-24(23)20-35/h2-3,6-10,25-26,29,33,39H,4-5,11-21H2,1H3,(H,32,34)/t26-,29?/m0/s1. The summed E-state index contributed by atoms with van der Waals surface area (Å²) in [6.07, 6.45) is 5.37. The number of ether oxygens (including phenoxy) is 1. The van der Waals surface area contributed by atoms with Crippen molar-refractivity contribution in [3.05, 3.63) is 53.6 Å². The zero-order chi connectivity index (χ0) is 27.5. The van der Waals surface area contributed by atoms with E-state index in [0.29, 0.717) is 19.1 Å². The number of aliphatic hydroxyl groups is 1. The highest BCUT2D eigenvalue weighted by Gasteiger charge is 2.26. The second-order valence-electron chi connectivity index (χ2n) is 11.5. The van der Waals surface area contributed by atoms with E-state index in [0.717, 1.165) is 93.7 Å². The highest BCUT2D eigenvalue weighted by atomic mass is 16.5. The van der Waals surface area contributed by atoms with E-state index in [4.69, 9.17) is 9.84 Å². The molecule has 3 aromatic rings. The van der Waals surface area contributed by atoms with Gasteiger partial charge in [0.15, 0.2) is 12.0 Å². The Morgan fingerprint density at radius 1 is 1.07 bits per heavy atom. The Kier molecular flexibility index (Phi) is 8.22. The van der Waals surface area contributed by atoms with Gasteiger partial charge >= 0.3 is 0 Å². The SMILES string of the molecule is CC(=O)N1CCC(Nc2cccc3c(NC[C@H](O)CN4CCc5ccccc5C4)nn(C4CCCCO4)c23)CC1. The van der Waals surface area contributed by atoms with Crippen LogP contribution in [0.25, 0.3) is 10.9 Å². The molecule has 4 heterocycles. The van der Waals surface area contributed by atoms with E-state index in [-0.39, 0.29) is 12.1 Å². The van der Waals surface area contributed by atoms with E-state index in [1.165, 1.54) is 11.1 Å². The second kappa shape index (κ2) is 12.2. The molecule has 2 fully saturated rings. The van der Waals surface area contributed by atoms with Gasteiger partial charge in [-0.2, -0.15) is 5.10 Å². The minimum Gasteiger partial charge on any atom is -0.390 e. The number of amides is 1. The number of β-amino-alcohol motifs (C(OH)–C–C–N with tert-alkyl or cyclic N) is 1. The van der Waals surface area contributed by atoms with Crippen molar-refractivity contribution in [1.82, 2.24) is 19.6 Å². The molecule has 2 saturated heterocycles. The molecular weight excluding hydrogens is 504 g/mol. The minimum atomic E-state index is -0.510. The first-order valence-electron chi connectivity index (χ1n) is 14.9. The topological polar surface area (TPSA) is 94.9 Å². The third kappa shape index (κ3) is 5.96. The Bertz CT molecular complexity index is 1310. The van der Waals surface area contributed by atoms with E-state index in [2.05, 4.69) is 58.0 Å². The molecule has 6 rings (SSSR count). The fraction of sp³-hybridized carbons (Fsp3) is 0.548. The van der Waals surface area contributed by atoms with Crippen molar-refractivity contribution in [3.8, 4) is 0 Å². The predicted molar refractivity (Wildman–Crippen MR) is 157 cm³/mol. The van der Waals surface area contributed by atoms with Gasteiger partial charge in [-0.25, -0.2) is 4.68 Å². The second-order valence-corrected chi connectivity index (χ2v) is 11.5. The highest BCUT2D eigenvalue weighted by Crippen LogP contribution is 2.35. The molecule has 0 aliphatic carbocycles. The van der Waals surface area contributed by atoms with Crippen LogP contribution in [-0.4, -0.2) is 82.1 Å². The van der Waals surface area contributed by atoms with Crippen LogP contribution >= 0.6 is 0 Å². The number of benzene rings is 2. The summed E-state index contributed by atoms with van der Waals surface area (Å²) in [5.74, 6) is 0.929. The fourth-order valence-electron chi connectivity index (χ4n) is 6.41. The number of hydrogen-bond donors (Lipinski definition) is 3. The van der Waals surface area contributed by atoms with Gasteiger partial charge < -0.3 is 25.4 Å². The van der Waals surface area contributed by atoms with Gasteiger partial charge in [-0.15, -0.1) is 0 Å². The Balaban J connectivity index is 1.17. The number of para-hydroxylation sites is 1. The van der Waals surface area contributed by atoms with Gasteiger partial charge in [-0.05, 0) is 61.8 Å². The number of aromatic nitrogens is 2. The zero-order valence-electron chi connectivity index (χ0n) is 23.5. The molecule has 2 aromatic carbocycles. The van der Waals surface area contributed by atoms with Gasteiger partial charge in [-0.3, -0.25) is 9.69 Å². The Morgan fingerprint density at radius 3 is 2.67 bits per heavy atom. The van der Waals surface area contributed by atoms with Crippen molar-refractivity contribution in [2.24, 2.45) is 0 Å². The Morgan fingerprint density at radius 2 is 1.90 bits per heavy atom. The quantitative estimate of drug-likeness (QED) is 0.393. The van der Waals surface area contributed by atoms with Gasteiger partial charge in [0, 0.05) is 64.2 Å². The van der Waals surface area contributed by atoms with Crippen LogP contribution in [-0.2, 0) is 22.5 Å². The summed E-state index contributed by atoms with van der Waals surface area (Å²) in [5.41, 5.74) is 4.86. The predicted octanol–water partition coefficient (Wildman–Crippen LogP) is 3.99. The van der Waals surface area contributed by atoms with Crippen LogP contribution in [0.3, 0.4) is 0 Å². The van der Waals surface area contributed by atoms with Crippen molar-refractivity contribution in [2.75, 3.05) is 50.0 Å². The molecule has 1 aromatic heterocycles. The first-order valence-corrected chi connectivity index (χ1v) is 14.9. The molecule has 3 aliphatic heterocycles. The van der Waals surface area contributed by atoms with Crippen LogP contribution < -0.4 is 10.6 Å². The number of piperidine rings is 1. The van der Waals surface area contributed by atoms with E-state index in [1.54, 1.807) is 6.92 Å². The lowest BCUT2D eigenvalue weighted by atomic mass is 10.00. The van der Waals surface area contributed by atoms with Gasteiger partial charge in [0.05, 0.1) is 17.3 Å².